The number of carbonyl (C=O) groups excluding carboxylic acids is 4. The Morgan fingerprint density at radius 2 is 1.81 bits per heavy atom. The predicted octanol–water partition coefficient (Wildman–Crippen LogP) is 2.47. The number of amides is 3. The van der Waals surface area contributed by atoms with Crippen LogP contribution in [0, 0.1) is 0 Å². The van der Waals surface area contributed by atoms with E-state index in [1.165, 1.54) is 17.9 Å². The van der Waals surface area contributed by atoms with Gasteiger partial charge in [0.1, 0.15) is 5.70 Å². The first kappa shape index (κ1) is 21.8. The van der Waals surface area contributed by atoms with E-state index in [2.05, 4.69) is 10.6 Å². The highest BCUT2D eigenvalue weighted by atomic mass is 16.5. The molecule has 1 aliphatic rings. The number of anilines is 2. The summed E-state index contributed by atoms with van der Waals surface area (Å²) in [5.41, 5.74) is 1.66. The average Bonchev–Trinajstić information content (AvgIpc) is 2.86. The van der Waals surface area contributed by atoms with Crippen molar-refractivity contribution >= 4 is 41.1 Å². The first-order chi connectivity index (χ1) is 14.8. The fraction of sp³-hybridized carbons (Fsp3) is 0.217. The highest BCUT2D eigenvalue weighted by Crippen LogP contribution is 2.31. The maximum Gasteiger partial charge on any atom is 0.355 e. The number of carbonyl (C=O) groups is 4. The molecule has 0 unspecified atom stereocenters. The lowest BCUT2D eigenvalue weighted by molar-refractivity contribution is -0.144. The topological polar surface area (TPSA) is 105 Å². The van der Waals surface area contributed by atoms with Gasteiger partial charge in [-0.05, 0) is 30.7 Å². The van der Waals surface area contributed by atoms with Crippen LogP contribution < -0.4 is 15.5 Å². The Bertz CT molecular complexity index is 1030. The number of nitrogens with one attached hydrogen (secondary N) is 2. The summed E-state index contributed by atoms with van der Waals surface area (Å²) in [6, 6.07) is 15.4. The third kappa shape index (κ3) is 5.57. The Balaban J connectivity index is 1.76. The third-order valence-corrected chi connectivity index (χ3v) is 4.60. The lowest BCUT2D eigenvalue weighted by Crippen LogP contribution is -2.42. The zero-order chi connectivity index (χ0) is 22.4. The summed E-state index contributed by atoms with van der Waals surface area (Å²) in [5.74, 6) is -1.96. The fourth-order valence-electron chi connectivity index (χ4n) is 3.29. The Labute approximate surface area is 179 Å². The van der Waals surface area contributed by atoms with Gasteiger partial charge >= 0.3 is 5.97 Å². The first-order valence-electron chi connectivity index (χ1n) is 9.77. The van der Waals surface area contributed by atoms with Crippen molar-refractivity contribution in [2.24, 2.45) is 0 Å². The van der Waals surface area contributed by atoms with Crippen molar-refractivity contribution in [3.05, 3.63) is 65.9 Å². The van der Waals surface area contributed by atoms with Gasteiger partial charge in [0.2, 0.25) is 11.8 Å². The van der Waals surface area contributed by atoms with Crippen LogP contribution in [0.1, 0.15) is 25.8 Å². The van der Waals surface area contributed by atoms with E-state index in [0.717, 1.165) is 0 Å². The Hall–Kier alpha value is -3.94. The molecule has 0 saturated heterocycles. The van der Waals surface area contributed by atoms with Gasteiger partial charge < -0.3 is 20.3 Å². The number of para-hydroxylation sites is 2. The van der Waals surface area contributed by atoms with Crippen LogP contribution in [0.2, 0.25) is 0 Å². The van der Waals surface area contributed by atoms with E-state index in [1.54, 1.807) is 55.5 Å². The first-order valence-corrected chi connectivity index (χ1v) is 9.77. The van der Waals surface area contributed by atoms with Gasteiger partial charge in [0, 0.05) is 19.4 Å². The maximum absolute atomic E-state index is 12.9. The summed E-state index contributed by atoms with van der Waals surface area (Å²) in [6.07, 6.45) is 1.58. The number of fused-ring (bicyclic) bond motifs is 1. The fourth-order valence-corrected chi connectivity index (χ4v) is 3.29. The number of rotatable bonds is 5. The number of nitrogens with zero attached hydrogens (tertiary/aromatic N) is 1. The second-order valence-corrected chi connectivity index (χ2v) is 7.11. The van der Waals surface area contributed by atoms with E-state index in [4.69, 9.17) is 4.74 Å². The van der Waals surface area contributed by atoms with Crippen molar-refractivity contribution < 1.29 is 23.9 Å². The summed E-state index contributed by atoms with van der Waals surface area (Å²) in [4.78, 5) is 50.5. The van der Waals surface area contributed by atoms with Crippen LogP contribution >= 0.6 is 0 Å². The Morgan fingerprint density at radius 3 is 2.52 bits per heavy atom. The van der Waals surface area contributed by atoms with Crippen LogP contribution in [0.5, 0.6) is 0 Å². The molecule has 3 rings (SSSR count). The Kier molecular flexibility index (Phi) is 6.81. The van der Waals surface area contributed by atoms with Crippen molar-refractivity contribution in [2.75, 3.05) is 16.8 Å². The Morgan fingerprint density at radius 1 is 1.13 bits per heavy atom. The molecular weight excluding hydrogens is 398 g/mol. The molecule has 0 radical (unpaired) electrons. The van der Waals surface area contributed by atoms with Crippen molar-refractivity contribution in [1.29, 1.82) is 0 Å². The standard InChI is InChI=1S/C23H23N3O5/c1-15-12-21(28)25-18-10-6-7-11-20(18)26(15)22(29)14-31-23(30)19(24-16(2)27)13-17-8-4-3-5-9-17/h3-11,13,15H,12,14H2,1-2H3,(H,24,27)(H,25,28)/b19-13-/t15-/m0/s1. The molecule has 0 aromatic heterocycles. The van der Waals surface area contributed by atoms with Crippen LogP contribution in [0.25, 0.3) is 6.08 Å². The molecule has 8 heteroatoms. The molecule has 160 valence electrons. The van der Waals surface area contributed by atoms with Crippen LogP contribution in [0.4, 0.5) is 11.4 Å². The zero-order valence-corrected chi connectivity index (χ0v) is 17.3. The van der Waals surface area contributed by atoms with Gasteiger partial charge in [-0.1, -0.05) is 42.5 Å². The van der Waals surface area contributed by atoms with Crippen molar-refractivity contribution in [1.82, 2.24) is 5.32 Å². The molecule has 2 N–H and O–H groups in total. The number of benzene rings is 2. The molecule has 0 fully saturated rings. The van der Waals surface area contributed by atoms with Crippen molar-refractivity contribution in [3.8, 4) is 0 Å². The van der Waals surface area contributed by atoms with Gasteiger partial charge in [-0.15, -0.1) is 0 Å². The molecule has 1 atom stereocenters. The molecule has 0 spiro atoms. The van der Waals surface area contributed by atoms with Gasteiger partial charge in [-0.3, -0.25) is 14.4 Å². The van der Waals surface area contributed by atoms with Crippen LogP contribution in [-0.4, -0.2) is 36.3 Å². The SMILES string of the molecule is CC(=O)N/C(=C\c1ccccc1)C(=O)OCC(=O)N1c2ccccc2NC(=O)C[C@@H]1C. The molecule has 31 heavy (non-hydrogen) atoms. The minimum absolute atomic E-state index is 0.0762. The molecular formula is C23H23N3O5. The summed E-state index contributed by atoms with van der Waals surface area (Å²) in [7, 11) is 0. The van der Waals surface area contributed by atoms with E-state index >= 15 is 0 Å². The van der Waals surface area contributed by atoms with Gasteiger partial charge in [-0.2, -0.15) is 0 Å². The second kappa shape index (κ2) is 9.71. The lowest BCUT2D eigenvalue weighted by Gasteiger charge is -2.27. The smallest absolute Gasteiger partial charge is 0.355 e. The molecule has 8 nitrogen and oxygen atoms in total. The molecule has 0 aliphatic carbocycles. The van der Waals surface area contributed by atoms with E-state index in [-0.39, 0.29) is 18.0 Å². The van der Waals surface area contributed by atoms with Crippen molar-refractivity contribution in [2.45, 2.75) is 26.3 Å². The van der Waals surface area contributed by atoms with Crippen LogP contribution in [0.3, 0.4) is 0 Å². The second-order valence-electron chi connectivity index (χ2n) is 7.11. The van der Waals surface area contributed by atoms with Crippen molar-refractivity contribution in [3.63, 3.8) is 0 Å². The number of hydrogen-bond acceptors (Lipinski definition) is 5. The molecule has 1 heterocycles. The lowest BCUT2D eigenvalue weighted by atomic mass is 10.1. The number of hydrogen-bond donors (Lipinski definition) is 2. The molecule has 0 saturated carbocycles. The molecule has 2 aromatic carbocycles. The van der Waals surface area contributed by atoms with E-state index in [0.29, 0.717) is 16.9 Å². The van der Waals surface area contributed by atoms with Gasteiger partial charge in [0.05, 0.1) is 11.4 Å². The number of esters is 1. The maximum atomic E-state index is 12.9. The summed E-state index contributed by atoms with van der Waals surface area (Å²) in [5, 5.41) is 5.21. The largest absolute Gasteiger partial charge is 0.451 e. The monoisotopic (exact) mass is 421 g/mol. The van der Waals surface area contributed by atoms with E-state index in [9.17, 15) is 19.2 Å². The quantitative estimate of drug-likeness (QED) is 0.570. The van der Waals surface area contributed by atoms with E-state index < -0.39 is 30.4 Å². The summed E-state index contributed by atoms with van der Waals surface area (Å²) >= 11 is 0. The van der Waals surface area contributed by atoms with Gasteiger partial charge in [0.15, 0.2) is 6.61 Å². The normalized spacial score (nSPS) is 15.9. The minimum Gasteiger partial charge on any atom is -0.451 e. The highest BCUT2D eigenvalue weighted by Gasteiger charge is 2.30. The van der Waals surface area contributed by atoms with Gasteiger partial charge in [-0.25, -0.2) is 4.79 Å². The van der Waals surface area contributed by atoms with E-state index in [1.807, 2.05) is 6.07 Å². The molecule has 1 aliphatic heterocycles. The average molecular weight is 421 g/mol. The van der Waals surface area contributed by atoms with Crippen LogP contribution in [0.15, 0.2) is 60.3 Å². The summed E-state index contributed by atoms with van der Waals surface area (Å²) < 4.78 is 5.20. The summed E-state index contributed by atoms with van der Waals surface area (Å²) in [6.45, 7) is 2.48. The minimum atomic E-state index is -0.836. The van der Waals surface area contributed by atoms with Crippen LogP contribution in [-0.2, 0) is 23.9 Å². The molecule has 2 aromatic rings. The number of ether oxygens (including phenoxy) is 1. The molecule has 0 bridgehead atoms. The predicted molar refractivity (Wildman–Crippen MR) is 116 cm³/mol. The zero-order valence-electron chi connectivity index (χ0n) is 17.3. The third-order valence-electron chi connectivity index (χ3n) is 4.60. The molecule has 3 amide bonds. The highest BCUT2D eigenvalue weighted by molar-refractivity contribution is 6.05. The van der Waals surface area contributed by atoms with Gasteiger partial charge in [0.25, 0.3) is 5.91 Å².